The highest BCUT2D eigenvalue weighted by Gasteiger charge is 2.42. The van der Waals surface area contributed by atoms with Crippen LogP contribution in [0.15, 0.2) is 42.6 Å². The van der Waals surface area contributed by atoms with Crippen LogP contribution in [0.5, 0.6) is 0 Å². The van der Waals surface area contributed by atoms with E-state index in [-0.39, 0.29) is 12.6 Å². The van der Waals surface area contributed by atoms with Crippen molar-refractivity contribution in [1.82, 2.24) is 20.1 Å². The van der Waals surface area contributed by atoms with Crippen LogP contribution in [0, 0.1) is 11.6 Å². The van der Waals surface area contributed by atoms with E-state index in [4.69, 9.17) is 4.74 Å². The minimum absolute atomic E-state index is 0.116. The molecule has 2 aliphatic heterocycles. The van der Waals surface area contributed by atoms with Gasteiger partial charge in [0.25, 0.3) is 0 Å². The van der Waals surface area contributed by atoms with Gasteiger partial charge in [0.1, 0.15) is 18.2 Å². The lowest BCUT2D eigenvalue weighted by Gasteiger charge is -2.39. The summed E-state index contributed by atoms with van der Waals surface area (Å²) in [7, 11) is 0. The van der Waals surface area contributed by atoms with E-state index in [9.17, 15) is 23.5 Å². The molecule has 3 heterocycles. The highest BCUT2D eigenvalue weighted by atomic mass is 19.2. The first-order chi connectivity index (χ1) is 16.8. The summed E-state index contributed by atoms with van der Waals surface area (Å²) in [5, 5.41) is 13.9. The highest BCUT2D eigenvalue weighted by Crippen LogP contribution is 2.38. The number of halogens is 2. The molecule has 1 aromatic heterocycles. The lowest BCUT2D eigenvalue weighted by Crippen LogP contribution is -2.48. The number of nitrogens with one attached hydrogen (secondary N) is 1. The number of hydrogen-bond donors (Lipinski definition) is 2. The standard InChI is InChI=1S/C25H28F2N4O4/c26-19-5-4-16(13-20(19)27)21-15-35-24(33)31(21)23(32)29-17-8-12-30(14-17)18-6-9-25(34,10-7-18)22-3-1-2-11-28-22/h1-5,11,13,17-18,21,34H,6-10,12,14-15H2,(H,29,32)/t17-,18?,21?,25?/m1/s1. The van der Waals surface area contributed by atoms with Gasteiger partial charge in [-0.1, -0.05) is 12.1 Å². The van der Waals surface area contributed by atoms with Crippen LogP contribution in [-0.2, 0) is 10.3 Å². The van der Waals surface area contributed by atoms with Gasteiger partial charge in [-0.05, 0) is 61.9 Å². The summed E-state index contributed by atoms with van der Waals surface area (Å²) in [6, 6.07) is 7.58. The zero-order chi connectivity index (χ0) is 24.6. The third kappa shape index (κ3) is 4.72. The Morgan fingerprint density at radius 2 is 1.94 bits per heavy atom. The van der Waals surface area contributed by atoms with Crippen molar-refractivity contribution in [3.63, 3.8) is 0 Å². The smallest absolute Gasteiger partial charge is 0.418 e. The molecule has 35 heavy (non-hydrogen) atoms. The SMILES string of the molecule is O=C(N[C@@H]1CCN(C2CCC(O)(c3ccccn3)CC2)C1)N1C(=O)OCC1c1ccc(F)c(F)c1. The zero-order valence-corrected chi connectivity index (χ0v) is 19.2. The maximum atomic E-state index is 13.7. The molecule has 186 valence electrons. The Morgan fingerprint density at radius 1 is 1.14 bits per heavy atom. The monoisotopic (exact) mass is 486 g/mol. The number of carbonyl (C=O) groups excluding carboxylic acids is 2. The molecular weight excluding hydrogens is 458 g/mol. The summed E-state index contributed by atoms with van der Waals surface area (Å²) < 4.78 is 32.1. The van der Waals surface area contributed by atoms with Crippen molar-refractivity contribution in [3.05, 3.63) is 65.5 Å². The van der Waals surface area contributed by atoms with Crippen molar-refractivity contribution in [1.29, 1.82) is 0 Å². The quantitative estimate of drug-likeness (QED) is 0.687. The lowest BCUT2D eigenvalue weighted by molar-refractivity contribution is -0.0257. The van der Waals surface area contributed by atoms with Crippen molar-refractivity contribution in [2.24, 2.45) is 0 Å². The maximum Gasteiger partial charge on any atom is 0.418 e. The van der Waals surface area contributed by atoms with Crippen molar-refractivity contribution >= 4 is 12.1 Å². The number of rotatable bonds is 4. The lowest BCUT2D eigenvalue weighted by atomic mass is 9.79. The van der Waals surface area contributed by atoms with Crippen molar-refractivity contribution in [2.45, 2.75) is 55.8 Å². The minimum atomic E-state index is -1.05. The number of amides is 3. The average molecular weight is 487 g/mol. The average Bonchev–Trinajstić information content (AvgIpc) is 3.48. The number of ether oxygens (including phenoxy) is 1. The van der Waals surface area contributed by atoms with E-state index in [0.29, 0.717) is 36.7 Å². The second-order valence-corrected chi connectivity index (χ2v) is 9.54. The second kappa shape index (κ2) is 9.50. The van der Waals surface area contributed by atoms with Gasteiger partial charge in [0.15, 0.2) is 11.6 Å². The van der Waals surface area contributed by atoms with Crippen molar-refractivity contribution < 1.29 is 28.2 Å². The fourth-order valence-corrected chi connectivity index (χ4v) is 5.43. The van der Waals surface area contributed by atoms with Gasteiger partial charge >= 0.3 is 12.1 Å². The summed E-state index contributed by atoms with van der Waals surface area (Å²) in [5.41, 5.74) is 0.0921. The maximum absolute atomic E-state index is 13.7. The van der Waals surface area contributed by atoms with E-state index in [1.165, 1.54) is 6.07 Å². The molecule has 2 N–H and O–H groups in total. The first-order valence-corrected chi connectivity index (χ1v) is 11.9. The van der Waals surface area contributed by atoms with Crippen LogP contribution < -0.4 is 5.32 Å². The molecule has 10 heteroatoms. The molecule has 1 saturated carbocycles. The molecule has 1 aromatic carbocycles. The van der Waals surface area contributed by atoms with Gasteiger partial charge in [-0.15, -0.1) is 0 Å². The summed E-state index contributed by atoms with van der Waals surface area (Å²) >= 11 is 0. The Kier molecular flexibility index (Phi) is 6.41. The number of urea groups is 1. The van der Waals surface area contributed by atoms with Crippen LogP contribution in [0.2, 0.25) is 0 Å². The Bertz CT molecular complexity index is 1090. The molecule has 0 spiro atoms. The van der Waals surface area contributed by atoms with Crippen LogP contribution in [0.4, 0.5) is 18.4 Å². The molecule has 1 aliphatic carbocycles. The third-order valence-electron chi connectivity index (χ3n) is 7.41. The van der Waals surface area contributed by atoms with Gasteiger partial charge in [-0.2, -0.15) is 0 Å². The molecule has 3 fully saturated rings. The number of benzene rings is 1. The van der Waals surface area contributed by atoms with Crippen LogP contribution in [0.1, 0.15) is 49.4 Å². The Hall–Kier alpha value is -3.11. The molecule has 0 bridgehead atoms. The topological polar surface area (TPSA) is 95.0 Å². The predicted octanol–water partition coefficient (Wildman–Crippen LogP) is 3.47. The highest BCUT2D eigenvalue weighted by molar-refractivity contribution is 5.92. The van der Waals surface area contributed by atoms with E-state index >= 15 is 0 Å². The summed E-state index contributed by atoms with van der Waals surface area (Å²) in [6.07, 6.45) is 4.50. The van der Waals surface area contributed by atoms with Crippen LogP contribution >= 0.6 is 0 Å². The predicted molar refractivity (Wildman–Crippen MR) is 121 cm³/mol. The molecule has 3 amide bonds. The first-order valence-electron chi connectivity index (χ1n) is 11.9. The van der Waals surface area contributed by atoms with E-state index in [1.54, 1.807) is 6.20 Å². The summed E-state index contributed by atoms with van der Waals surface area (Å²) in [6.45, 7) is 1.32. The third-order valence-corrected chi connectivity index (χ3v) is 7.41. The van der Waals surface area contributed by atoms with E-state index in [2.05, 4.69) is 15.2 Å². The summed E-state index contributed by atoms with van der Waals surface area (Å²) in [5.74, 6) is -2.04. The Morgan fingerprint density at radius 3 is 2.66 bits per heavy atom. The fraction of sp³-hybridized carbons (Fsp3) is 0.480. The molecule has 2 aromatic rings. The van der Waals surface area contributed by atoms with Gasteiger partial charge in [-0.25, -0.2) is 23.3 Å². The van der Waals surface area contributed by atoms with Crippen LogP contribution in [0.3, 0.4) is 0 Å². The number of cyclic esters (lactones) is 1. The molecule has 8 nitrogen and oxygen atoms in total. The normalized spacial score (nSPS) is 29.3. The van der Waals surface area contributed by atoms with E-state index in [0.717, 1.165) is 42.8 Å². The Balaban J connectivity index is 1.17. The van der Waals surface area contributed by atoms with Gasteiger partial charge in [0.2, 0.25) is 0 Å². The molecule has 1 unspecified atom stereocenters. The zero-order valence-electron chi connectivity index (χ0n) is 19.2. The van der Waals surface area contributed by atoms with Gasteiger partial charge in [0.05, 0.1) is 5.69 Å². The number of nitrogens with zero attached hydrogens (tertiary/aromatic N) is 3. The minimum Gasteiger partial charge on any atom is -0.446 e. The number of aromatic nitrogens is 1. The molecular formula is C25H28F2N4O4. The number of imide groups is 1. The first kappa shape index (κ1) is 23.6. The molecule has 2 atom stereocenters. The summed E-state index contributed by atoms with van der Waals surface area (Å²) in [4.78, 5) is 32.8. The largest absolute Gasteiger partial charge is 0.446 e. The van der Waals surface area contributed by atoms with E-state index < -0.39 is 35.4 Å². The fourth-order valence-electron chi connectivity index (χ4n) is 5.43. The molecule has 5 rings (SSSR count). The van der Waals surface area contributed by atoms with Crippen LogP contribution in [0.25, 0.3) is 0 Å². The van der Waals surface area contributed by atoms with Gasteiger partial charge in [0, 0.05) is 31.4 Å². The number of carbonyl (C=O) groups is 2. The Labute approximate surface area is 201 Å². The molecule has 3 aliphatic rings. The van der Waals surface area contributed by atoms with E-state index in [1.807, 2.05) is 18.2 Å². The number of likely N-dealkylation sites (tertiary alicyclic amines) is 1. The number of pyridine rings is 1. The van der Waals surface area contributed by atoms with Gasteiger partial charge < -0.3 is 15.2 Å². The number of hydrogen-bond acceptors (Lipinski definition) is 6. The van der Waals surface area contributed by atoms with Crippen molar-refractivity contribution in [2.75, 3.05) is 19.7 Å². The van der Waals surface area contributed by atoms with Crippen LogP contribution in [-0.4, -0.2) is 63.8 Å². The number of aliphatic hydroxyl groups is 1. The molecule has 0 radical (unpaired) electrons. The molecule has 2 saturated heterocycles. The second-order valence-electron chi connectivity index (χ2n) is 9.54. The van der Waals surface area contributed by atoms with Gasteiger partial charge in [-0.3, -0.25) is 9.88 Å². The van der Waals surface area contributed by atoms with Crippen molar-refractivity contribution in [3.8, 4) is 0 Å².